The number of nitrogens with zero attached hydrogens (tertiary/aromatic N) is 3. The maximum atomic E-state index is 5.41. The Morgan fingerprint density at radius 3 is 2.76 bits per heavy atom. The van der Waals surface area contributed by atoms with Crippen LogP contribution in [0, 0.1) is 0 Å². The second-order valence-corrected chi connectivity index (χ2v) is 5.89. The number of hydrogen-bond acceptors (Lipinski definition) is 6. The Morgan fingerprint density at radius 2 is 1.95 bits per heavy atom. The number of fused-ring (bicyclic) bond motifs is 2. The van der Waals surface area contributed by atoms with E-state index >= 15 is 0 Å². The summed E-state index contributed by atoms with van der Waals surface area (Å²) in [7, 11) is 2.04. The molecular weight excluding hydrogens is 286 g/mol. The predicted octanol–water partition coefficient (Wildman–Crippen LogP) is 3.06. The Hall–Kier alpha value is -2.34. The van der Waals surface area contributed by atoms with Crippen LogP contribution in [0.25, 0.3) is 10.2 Å². The molecule has 6 heteroatoms. The lowest BCUT2D eigenvalue weighted by Crippen LogP contribution is -2.15. The lowest BCUT2D eigenvalue weighted by molar-refractivity contribution is 0.174. The predicted molar refractivity (Wildman–Crippen MR) is 82.1 cm³/mol. The molecule has 0 N–H and O–H groups in total. The summed E-state index contributed by atoms with van der Waals surface area (Å²) in [5.74, 6) is 1.57. The number of rotatable bonds is 3. The summed E-state index contributed by atoms with van der Waals surface area (Å²) in [4.78, 5) is 10.8. The summed E-state index contributed by atoms with van der Waals surface area (Å²) in [6, 6.07) is 7.97. The second-order valence-electron chi connectivity index (χ2n) is 4.88. The van der Waals surface area contributed by atoms with Crippen LogP contribution in [0.3, 0.4) is 0 Å². The van der Waals surface area contributed by atoms with Crippen LogP contribution in [0.2, 0.25) is 0 Å². The number of benzene rings is 1. The molecule has 3 heterocycles. The molecule has 5 nitrogen and oxygen atoms in total. The number of pyridine rings is 1. The van der Waals surface area contributed by atoms with Gasteiger partial charge >= 0.3 is 0 Å². The van der Waals surface area contributed by atoms with Crippen molar-refractivity contribution in [2.45, 2.75) is 6.54 Å². The summed E-state index contributed by atoms with van der Waals surface area (Å²) < 4.78 is 11.9. The van der Waals surface area contributed by atoms with Gasteiger partial charge in [0.25, 0.3) is 0 Å². The molecule has 0 fully saturated rings. The first-order valence-corrected chi connectivity index (χ1v) is 7.41. The van der Waals surface area contributed by atoms with Gasteiger partial charge in [-0.25, -0.2) is 4.98 Å². The normalized spacial score (nSPS) is 12.8. The zero-order valence-electron chi connectivity index (χ0n) is 11.4. The van der Waals surface area contributed by atoms with Gasteiger partial charge in [0.05, 0.1) is 10.2 Å². The highest BCUT2D eigenvalue weighted by atomic mass is 32.1. The van der Waals surface area contributed by atoms with Crippen LogP contribution >= 0.6 is 11.3 Å². The van der Waals surface area contributed by atoms with Crippen molar-refractivity contribution in [3.63, 3.8) is 0 Å². The average molecular weight is 299 g/mol. The van der Waals surface area contributed by atoms with Crippen molar-refractivity contribution in [1.29, 1.82) is 0 Å². The van der Waals surface area contributed by atoms with Crippen LogP contribution in [0.4, 0.5) is 5.13 Å². The maximum Gasteiger partial charge on any atom is 0.231 e. The number of thiazole rings is 1. The van der Waals surface area contributed by atoms with Crippen molar-refractivity contribution in [2.24, 2.45) is 0 Å². The molecule has 0 spiro atoms. The van der Waals surface area contributed by atoms with Crippen molar-refractivity contribution in [3.05, 3.63) is 42.2 Å². The van der Waals surface area contributed by atoms with Crippen LogP contribution < -0.4 is 14.4 Å². The lowest BCUT2D eigenvalue weighted by Gasteiger charge is -2.15. The minimum absolute atomic E-state index is 0.293. The van der Waals surface area contributed by atoms with Gasteiger partial charge in [0.1, 0.15) is 0 Å². The van der Waals surface area contributed by atoms with Gasteiger partial charge in [-0.15, -0.1) is 0 Å². The molecule has 0 atom stereocenters. The lowest BCUT2D eigenvalue weighted by atomic mass is 10.2. The average Bonchev–Trinajstić information content (AvgIpc) is 3.11. The van der Waals surface area contributed by atoms with Crippen LogP contribution in [0.1, 0.15) is 5.56 Å². The smallest absolute Gasteiger partial charge is 0.231 e. The van der Waals surface area contributed by atoms with Crippen molar-refractivity contribution in [1.82, 2.24) is 9.97 Å². The fourth-order valence-corrected chi connectivity index (χ4v) is 3.24. The minimum atomic E-state index is 0.293. The Bertz CT molecular complexity index is 747. The van der Waals surface area contributed by atoms with E-state index in [0.29, 0.717) is 6.79 Å². The van der Waals surface area contributed by atoms with Crippen LogP contribution in [0.15, 0.2) is 36.7 Å². The molecule has 0 bridgehead atoms. The monoisotopic (exact) mass is 299 g/mol. The fraction of sp³-hybridized carbons (Fsp3) is 0.200. The van der Waals surface area contributed by atoms with Gasteiger partial charge in [-0.2, -0.15) is 0 Å². The third kappa shape index (κ3) is 2.27. The number of hydrogen-bond donors (Lipinski definition) is 0. The van der Waals surface area contributed by atoms with E-state index in [1.165, 1.54) is 5.56 Å². The first kappa shape index (κ1) is 12.4. The molecule has 1 aromatic carbocycles. The molecule has 0 amide bonds. The second kappa shape index (κ2) is 4.89. The van der Waals surface area contributed by atoms with Gasteiger partial charge < -0.3 is 14.4 Å². The van der Waals surface area contributed by atoms with E-state index in [1.54, 1.807) is 23.7 Å². The molecule has 4 rings (SSSR count). The highest BCUT2D eigenvalue weighted by Gasteiger charge is 2.17. The van der Waals surface area contributed by atoms with Crippen LogP contribution in [-0.4, -0.2) is 23.8 Å². The topological polar surface area (TPSA) is 47.5 Å². The summed E-state index contributed by atoms with van der Waals surface area (Å²) in [5, 5.41) is 0.977. The van der Waals surface area contributed by atoms with E-state index in [4.69, 9.17) is 9.47 Å². The molecule has 106 valence electrons. The molecule has 1 aliphatic rings. The third-order valence-electron chi connectivity index (χ3n) is 3.37. The van der Waals surface area contributed by atoms with Crippen LogP contribution in [-0.2, 0) is 6.54 Å². The van der Waals surface area contributed by atoms with Gasteiger partial charge in [0, 0.05) is 38.1 Å². The maximum absolute atomic E-state index is 5.41. The molecule has 0 unspecified atom stereocenters. The van der Waals surface area contributed by atoms with Gasteiger partial charge in [0.2, 0.25) is 6.79 Å². The molecule has 21 heavy (non-hydrogen) atoms. The van der Waals surface area contributed by atoms with Crippen molar-refractivity contribution < 1.29 is 9.47 Å². The van der Waals surface area contributed by atoms with Gasteiger partial charge in [-0.05, 0) is 17.7 Å². The van der Waals surface area contributed by atoms with E-state index < -0.39 is 0 Å². The molecule has 2 aromatic heterocycles. The highest BCUT2D eigenvalue weighted by molar-refractivity contribution is 7.22. The Kier molecular flexibility index (Phi) is 2.89. The standard InChI is InChI=1S/C15H13N3O2S/c1-18(8-10-2-4-16-5-3-10)15-17-11-6-12-13(20-9-19-12)7-14(11)21-15/h2-7H,8-9H2,1H3. The van der Waals surface area contributed by atoms with Gasteiger partial charge in [-0.3, -0.25) is 4.98 Å². The molecule has 3 aromatic rings. The van der Waals surface area contributed by atoms with E-state index in [9.17, 15) is 0 Å². The third-order valence-corrected chi connectivity index (χ3v) is 4.50. The molecule has 0 aliphatic carbocycles. The van der Waals surface area contributed by atoms with E-state index in [0.717, 1.165) is 33.4 Å². The first-order chi connectivity index (χ1) is 10.3. The Morgan fingerprint density at radius 1 is 1.19 bits per heavy atom. The summed E-state index contributed by atoms with van der Waals surface area (Å²) in [5.41, 5.74) is 2.15. The Balaban J connectivity index is 1.64. The molecule has 0 saturated heterocycles. The van der Waals surface area contributed by atoms with E-state index in [1.807, 2.05) is 31.3 Å². The van der Waals surface area contributed by atoms with Gasteiger partial charge in [0.15, 0.2) is 16.6 Å². The van der Waals surface area contributed by atoms with Crippen molar-refractivity contribution >= 4 is 26.7 Å². The van der Waals surface area contributed by atoms with Crippen molar-refractivity contribution in [2.75, 3.05) is 18.7 Å². The Labute approximate surface area is 125 Å². The summed E-state index contributed by atoms with van der Waals surface area (Å²) in [6.07, 6.45) is 3.61. The van der Waals surface area contributed by atoms with E-state index in [2.05, 4.69) is 14.9 Å². The number of aromatic nitrogens is 2. The van der Waals surface area contributed by atoms with Crippen molar-refractivity contribution in [3.8, 4) is 11.5 Å². The fourth-order valence-electron chi connectivity index (χ4n) is 2.30. The quantitative estimate of drug-likeness (QED) is 0.744. The van der Waals surface area contributed by atoms with Gasteiger partial charge in [-0.1, -0.05) is 11.3 Å². The number of anilines is 1. The SMILES string of the molecule is CN(Cc1ccncc1)c1nc2cc3c(cc2s1)OCO3. The molecule has 1 aliphatic heterocycles. The zero-order chi connectivity index (χ0) is 14.2. The molecule has 0 saturated carbocycles. The zero-order valence-corrected chi connectivity index (χ0v) is 12.3. The van der Waals surface area contributed by atoms with E-state index in [-0.39, 0.29) is 0 Å². The molecule has 0 radical (unpaired) electrons. The van der Waals surface area contributed by atoms with Crippen LogP contribution in [0.5, 0.6) is 11.5 Å². The summed E-state index contributed by atoms with van der Waals surface area (Å²) >= 11 is 1.65. The highest BCUT2D eigenvalue weighted by Crippen LogP contribution is 2.39. The largest absolute Gasteiger partial charge is 0.454 e. The first-order valence-electron chi connectivity index (χ1n) is 6.60. The number of ether oxygens (including phenoxy) is 2. The minimum Gasteiger partial charge on any atom is -0.454 e. The summed E-state index contributed by atoms with van der Waals surface area (Å²) in [6.45, 7) is 1.09. The molecular formula is C15H13N3O2S.